The normalized spacial score (nSPS) is 12.0. The van der Waals surface area contributed by atoms with Crippen LogP contribution in [-0.2, 0) is 9.53 Å². The molecule has 1 aromatic heterocycles. The van der Waals surface area contributed by atoms with Crippen molar-refractivity contribution in [2.24, 2.45) is 0 Å². The molecule has 122 valence electrons. The van der Waals surface area contributed by atoms with Crippen molar-refractivity contribution in [3.63, 3.8) is 0 Å². The quantitative estimate of drug-likeness (QED) is 0.408. The van der Waals surface area contributed by atoms with Crippen LogP contribution in [0.3, 0.4) is 0 Å². The monoisotopic (exact) mass is 325 g/mol. The number of hydrogen-bond acceptors (Lipinski definition) is 5. The standard InChI is InChI=1S/C17H15N3O4/c1-2-24-17(21)16(19-10-15(18-11-19)20(22)23)14-9-5-7-12-6-3-4-8-13(12)14/h3-11,16H,2H2,1H3. The summed E-state index contributed by atoms with van der Waals surface area (Å²) in [6.45, 7) is 1.94. The molecule has 0 fully saturated rings. The molecule has 0 bridgehead atoms. The topological polar surface area (TPSA) is 87.3 Å². The molecule has 0 amide bonds. The van der Waals surface area contributed by atoms with Crippen LogP contribution in [0.5, 0.6) is 0 Å². The van der Waals surface area contributed by atoms with Crippen molar-refractivity contribution in [3.05, 3.63) is 70.7 Å². The molecular weight excluding hydrogens is 310 g/mol. The summed E-state index contributed by atoms with van der Waals surface area (Å²) >= 11 is 0. The van der Waals surface area contributed by atoms with Crippen molar-refractivity contribution in [2.75, 3.05) is 6.61 Å². The van der Waals surface area contributed by atoms with E-state index in [2.05, 4.69) is 4.98 Å². The summed E-state index contributed by atoms with van der Waals surface area (Å²) < 4.78 is 6.59. The minimum Gasteiger partial charge on any atom is -0.464 e. The number of aromatic nitrogens is 2. The Balaban J connectivity index is 2.16. The van der Waals surface area contributed by atoms with Gasteiger partial charge in [-0.1, -0.05) is 42.5 Å². The van der Waals surface area contributed by atoms with E-state index in [1.54, 1.807) is 6.92 Å². The number of esters is 1. The van der Waals surface area contributed by atoms with E-state index in [-0.39, 0.29) is 12.4 Å². The lowest BCUT2D eigenvalue weighted by atomic mass is 9.98. The Labute approximate surface area is 137 Å². The van der Waals surface area contributed by atoms with Crippen LogP contribution in [0, 0.1) is 10.1 Å². The molecule has 7 heteroatoms. The smallest absolute Gasteiger partial charge is 0.381 e. The number of ether oxygens (including phenoxy) is 1. The Hall–Kier alpha value is -3.22. The average molecular weight is 325 g/mol. The number of benzene rings is 2. The predicted octanol–water partition coefficient (Wildman–Crippen LogP) is 3.10. The third-order valence-electron chi connectivity index (χ3n) is 3.70. The number of carbonyl (C=O) groups is 1. The molecular formula is C17H15N3O4. The van der Waals surface area contributed by atoms with Gasteiger partial charge in [0.1, 0.15) is 6.20 Å². The van der Waals surface area contributed by atoms with Gasteiger partial charge in [0.05, 0.1) is 6.61 Å². The Morgan fingerprint density at radius 2 is 2.04 bits per heavy atom. The van der Waals surface area contributed by atoms with Gasteiger partial charge in [0, 0.05) is 0 Å². The van der Waals surface area contributed by atoms with E-state index in [4.69, 9.17) is 4.74 Å². The Morgan fingerprint density at radius 3 is 2.75 bits per heavy atom. The van der Waals surface area contributed by atoms with Gasteiger partial charge in [0.25, 0.3) is 0 Å². The lowest BCUT2D eigenvalue weighted by Gasteiger charge is -2.18. The lowest BCUT2D eigenvalue weighted by Crippen LogP contribution is -2.22. The second-order valence-electron chi connectivity index (χ2n) is 5.16. The first-order valence-corrected chi connectivity index (χ1v) is 7.44. The van der Waals surface area contributed by atoms with Crippen LogP contribution in [0.4, 0.5) is 5.82 Å². The number of imidazole rings is 1. The molecule has 0 aliphatic carbocycles. The van der Waals surface area contributed by atoms with Crippen molar-refractivity contribution in [3.8, 4) is 0 Å². The Morgan fingerprint density at radius 1 is 1.29 bits per heavy atom. The zero-order valence-electron chi connectivity index (χ0n) is 13.0. The third kappa shape index (κ3) is 2.83. The van der Waals surface area contributed by atoms with Crippen molar-refractivity contribution in [1.82, 2.24) is 9.55 Å². The van der Waals surface area contributed by atoms with Crippen LogP contribution in [0.2, 0.25) is 0 Å². The highest BCUT2D eigenvalue weighted by molar-refractivity contribution is 5.91. The molecule has 3 aromatic rings. The Kier molecular flexibility index (Phi) is 4.24. The number of carbonyl (C=O) groups excluding carboxylic acids is 1. The molecule has 0 saturated heterocycles. The van der Waals surface area contributed by atoms with Crippen LogP contribution >= 0.6 is 0 Å². The summed E-state index contributed by atoms with van der Waals surface area (Å²) in [5.41, 5.74) is 0.707. The van der Waals surface area contributed by atoms with Gasteiger partial charge in [-0.15, -0.1) is 0 Å². The summed E-state index contributed by atoms with van der Waals surface area (Å²) in [6.07, 6.45) is 2.52. The average Bonchev–Trinajstić information content (AvgIpc) is 3.05. The first-order chi connectivity index (χ1) is 11.6. The number of nitro groups is 1. The minimum absolute atomic E-state index is 0.219. The van der Waals surface area contributed by atoms with Gasteiger partial charge < -0.3 is 14.9 Å². The zero-order valence-corrected chi connectivity index (χ0v) is 13.0. The van der Waals surface area contributed by atoms with Crippen molar-refractivity contribution < 1.29 is 14.5 Å². The van der Waals surface area contributed by atoms with Crippen molar-refractivity contribution in [2.45, 2.75) is 13.0 Å². The third-order valence-corrected chi connectivity index (χ3v) is 3.70. The highest BCUT2D eigenvalue weighted by Gasteiger charge is 2.28. The van der Waals surface area contributed by atoms with Crippen LogP contribution < -0.4 is 0 Å². The number of nitrogens with zero attached hydrogens (tertiary/aromatic N) is 3. The van der Waals surface area contributed by atoms with Crippen molar-refractivity contribution in [1.29, 1.82) is 0 Å². The van der Waals surface area contributed by atoms with Crippen LogP contribution in [-0.4, -0.2) is 27.1 Å². The van der Waals surface area contributed by atoms with Gasteiger partial charge in [-0.2, -0.15) is 0 Å². The lowest BCUT2D eigenvalue weighted by molar-refractivity contribution is -0.389. The molecule has 1 unspecified atom stereocenters. The van der Waals surface area contributed by atoms with Crippen LogP contribution in [0.1, 0.15) is 18.5 Å². The van der Waals surface area contributed by atoms with E-state index in [0.29, 0.717) is 5.56 Å². The van der Waals surface area contributed by atoms with Gasteiger partial charge in [0.2, 0.25) is 6.33 Å². The van der Waals surface area contributed by atoms with E-state index in [1.165, 1.54) is 17.1 Å². The SMILES string of the molecule is CCOC(=O)C(c1cccc2ccccc12)n1cnc([N+](=O)[O-])c1. The molecule has 3 rings (SSSR count). The fourth-order valence-corrected chi connectivity index (χ4v) is 2.68. The molecule has 0 saturated carbocycles. The fraction of sp³-hybridized carbons (Fsp3) is 0.176. The molecule has 0 spiro atoms. The molecule has 0 aliphatic rings. The molecule has 24 heavy (non-hydrogen) atoms. The summed E-state index contributed by atoms with van der Waals surface area (Å²) in [7, 11) is 0. The molecule has 7 nitrogen and oxygen atoms in total. The Bertz CT molecular complexity index is 898. The number of hydrogen-bond donors (Lipinski definition) is 0. The first kappa shape index (κ1) is 15.7. The van der Waals surface area contributed by atoms with E-state index in [0.717, 1.165) is 10.8 Å². The molecule has 2 aromatic carbocycles. The molecule has 0 radical (unpaired) electrons. The van der Waals surface area contributed by atoms with E-state index >= 15 is 0 Å². The molecule has 0 aliphatic heterocycles. The number of fused-ring (bicyclic) bond motifs is 1. The summed E-state index contributed by atoms with van der Waals surface area (Å²) in [5, 5.41) is 12.7. The summed E-state index contributed by atoms with van der Waals surface area (Å²) in [6, 6.07) is 12.4. The highest BCUT2D eigenvalue weighted by Crippen LogP contribution is 2.29. The predicted molar refractivity (Wildman–Crippen MR) is 87.6 cm³/mol. The van der Waals surface area contributed by atoms with Gasteiger partial charge in [-0.25, -0.2) is 4.79 Å². The maximum absolute atomic E-state index is 12.5. The fourth-order valence-electron chi connectivity index (χ4n) is 2.68. The van der Waals surface area contributed by atoms with Gasteiger partial charge in [0.15, 0.2) is 6.04 Å². The van der Waals surface area contributed by atoms with Crippen molar-refractivity contribution >= 4 is 22.6 Å². The summed E-state index contributed by atoms with van der Waals surface area (Å²) in [5.74, 6) is -0.800. The van der Waals surface area contributed by atoms with Crippen LogP contribution in [0.25, 0.3) is 10.8 Å². The molecule has 1 heterocycles. The second kappa shape index (κ2) is 6.49. The minimum atomic E-state index is -0.836. The second-order valence-corrected chi connectivity index (χ2v) is 5.16. The van der Waals surface area contributed by atoms with Gasteiger partial charge >= 0.3 is 11.8 Å². The zero-order chi connectivity index (χ0) is 17.1. The molecule has 0 N–H and O–H groups in total. The van der Waals surface area contributed by atoms with Gasteiger partial charge in [-0.05, 0) is 33.2 Å². The maximum atomic E-state index is 12.5. The summed E-state index contributed by atoms with van der Waals surface area (Å²) in [4.78, 5) is 26.6. The van der Waals surface area contributed by atoms with E-state index in [1.807, 2.05) is 42.5 Å². The van der Waals surface area contributed by atoms with E-state index in [9.17, 15) is 14.9 Å². The maximum Gasteiger partial charge on any atom is 0.381 e. The first-order valence-electron chi connectivity index (χ1n) is 7.44. The number of rotatable bonds is 5. The van der Waals surface area contributed by atoms with Gasteiger partial charge in [-0.3, -0.25) is 4.57 Å². The largest absolute Gasteiger partial charge is 0.464 e. The van der Waals surface area contributed by atoms with E-state index < -0.39 is 16.9 Å². The molecule has 1 atom stereocenters. The van der Waals surface area contributed by atoms with Crippen LogP contribution in [0.15, 0.2) is 55.0 Å². The highest BCUT2D eigenvalue weighted by atomic mass is 16.6.